The van der Waals surface area contributed by atoms with Crippen LogP contribution in [0.25, 0.3) is 0 Å². The summed E-state index contributed by atoms with van der Waals surface area (Å²) in [6, 6.07) is 0. The largest absolute Gasteiger partial charge is 0.392 e. The van der Waals surface area contributed by atoms with Gasteiger partial charge in [0.2, 0.25) is 0 Å². The number of aliphatic hydroxyl groups excluding tert-OH is 1. The van der Waals surface area contributed by atoms with Gasteiger partial charge in [0.15, 0.2) is 0 Å². The zero-order valence-electron chi connectivity index (χ0n) is 14.2. The third-order valence-corrected chi connectivity index (χ3v) is 5.60. The number of allylic oxidation sites excluding steroid dienone is 3. The number of hydrogen-bond donors (Lipinski definition) is 1. The quantitative estimate of drug-likeness (QED) is 0.601. The summed E-state index contributed by atoms with van der Waals surface area (Å²) >= 11 is 0. The van der Waals surface area contributed by atoms with Gasteiger partial charge in [-0.25, -0.2) is 0 Å². The molecule has 0 saturated heterocycles. The van der Waals surface area contributed by atoms with Crippen LogP contribution < -0.4 is 0 Å². The summed E-state index contributed by atoms with van der Waals surface area (Å²) in [4.78, 5) is 11.5. The summed E-state index contributed by atoms with van der Waals surface area (Å²) in [6.45, 7) is 10.7. The molecule has 3 unspecified atom stereocenters. The lowest BCUT2D eigenvalue weighted by Gasteiger charge is -2.38. The first kappa shape index (κ1) is 17.2. The van der Waals surface area contributed by atoms with E-state index < -0.39 is 6.10 Å². The molecule has 5 atom stereocenters. The van der Waals surface area contributed by atoms with Crippen molar-refractivity contribution in [3.8, 4) is 0 Å². The number of fused-ring (bicyclic) bond motifs is 2. The summed E-state index contributed by atoms with van der Waals surface area (Å²) in [5, 5.41) is 10.8. The van der Waals surface area contributed by atoms with Gasteiger partial charge in [0.05, 0.1) is 6.10 Å². The summed E-state index contributed by atoms with van der Waals surface area (Å²) in [6.07, 6.45) is 9.83. The molecular formula is C20H30O2. The van der Waals surface area contributed by atoms with Crippen LogP contribution in [0.2, 0.25) is 0 Å². The SMILES string of the molecule is C=C1CC[C@@H]([C@H](C)CCC=C(C)C)C2C(C=O)=CCC1C2O. The maximum Gasteiger partial charge on any atom is 0.146 e. The number of hydrogen-bond acceptors (Lipinski definition) is 2. The molecule has 0 heterocycles. The van der Waals surface area contributed by atoms with Crippen molar-refractivity contribution < 1.29 is 9.90 Å². The van der Waals surface area contributed by atoms with Crippen LogP contribution in [0.5, 0.6) is 0 Å². The van der Waals surface area contributed by atoms with Crippen LogP contribution in [-0.2, 0) is 4.79 Å². The number of carbonyl (C=O) groups is 1. The van der Waals surface area contributed by atoms with E-state index in [0.717, 1.165) is 49.5 Å². The molecule has 0 radical (unpaired) electrons. The molecule has 1 fully saturated rings. The highest BCUT2D eigenvalue weighted by atomic mass is 16.3. The van der Waals surface area contributed by atoms with Crippen molar-refractivity contribution in [2.75, 3.05) is 0 Å². The Kier molecular flexibility index (Phi) is 5.80. The first-order valence-corrected chi connectivity index (χ1v) is 8.60. The first-order chi connectivity index (χ1) is 10.5. The average Bonchev–Trinajstić information content (AvgIpc) is 2.54. The van der Waals surface area contributed by atoms with Crippen molar-refractivity contribution in [2.45, 2.75) is 59.0 Å². The second-order valence-electron chi connectivity index (χ2n) is 7.38. The fourth-order valence-electron chi connectivity index (χ4n) is 4.23. The van der Waals surface area contributed by atoms with Crippen LogP contribution in [0, 0.1) is 23.7 Å². The van der Waals surface area contributed by atoms with E-state index in [-0.39, 0.29) is 11.8 Å². The molecule has 2 nitrogen and oxygen atoms in total. The van der Waals surface area contributed by atoms with Gasteiger partial charge in [0.25, 0.3) is 0 Å². The average molecular weight is 302 g/mol. The van der Waals surface area contributed by atoms with Crippen LogP contribution >= 0.6 is 0 Å². The summed E-state index contributed by atoms with van der Waals surface area (Å²) < 4.78 is 0. The van der Waals surface area contributed by atoms with Crippen LogP contribution in [0.15, 0.2) is 35.5 Å². The second kappa shape index (κ2) is 7.41. The lowest BCUT2D eigenvalue weighted by Crippen LogP contribution is -2.39. The molecule has 1 N–H and O–H groups in total. The molecule has 0 aliphatic heterocycles. The van der Waals surface area contributed by atoms with Crippen LogP contribution in [0.4, 0.5) is 0 Å². The third-order valence-electron chi connectivity index (χ3n) is 5.60. The smallest absolute Gasteiger partial charge is 0.146 e. The monoisotopic (exact) mass is 302 g/mol. The van der Waals surface area contributed by atoms with E-state index in [1.165, 1.54) is 5.57 Å². The number of aldehydes is 1. The van der Waals surface area contributed by atoms with Gasteiger partial charge in [-0.1, -0.05) is 36.8 Å². The van der Waals surface area contributed by atoms with Crippen molar-refractivity contribution in [3.05, 3.63) is 35.5 Å². The molecule has 122 valence electrons. The highest BCUT2D eigenvalue weighted by Gasteiger charge is 2.43. The Morgan fingerprint density at radius 2 is 2.23 bits per heavy atom. The van der Waals surface area contributed by atoms with Gasteiger partial charge >= 0.3 is 0 Å². The Bertz CT molecular complexity index is 482. The predicted octanol–water partition coefficient (Wildman–Crippen LogP) is 4.46. The number of aliphatic hydroxyl groups is 1. The first-order valence-electron chi connectivity index (χ1n) is 8.60. The Morgan fingerprint density at radius 3 is 2.86 bits per heavy atom. The fraction of sp³-hybridized carbons (Fsp3) is 0.650. The van der Waals surface area contributed by atoms with E-state index >= 15 is 0 Å². The number of carbonyl (C=O) groups excluding carboxylic acids is 1. The lowest BCUT2D eigenvalue weighted by atomic mass is 9.69. The second-order valence-corrected chi connectivity index (χ2v) is 7.38. The van der Waals surface area contributed by atoms with Gasteiger partial charge in [-0.05, 0) is 63.4 Å². The molecule has 22 heavy (non-hydrogen) atoms. The zero-order valence-corrected chi connectivity index (χ0v) is 14.2. The Morgan fingerprint density at radius 1 is 1.50 bits per heavy atom. The molecule has 0 aromatic heterocycles. The molecular weight excluding hydrogens is 272 g/mol. The van der Waals surface area contributed by atoms with E-state index in [0.29, 0.717) is 11.8 Å². The molecule has 0 amide bonds. The zero-order chi connectivity index (χ0) is 16.3. The van der Waals surface area contributed by atoms with Crippen molar-refractivity contribution in [1.29, 1.82) is 0 Å². The molecule has 2 aliphatic rings. The Balaban J connectivity index is 2.19. The standard InChI is InChI=1S/C20H30O2/c1-13(2)6-5-7-14(3)17-10-8-15(4)18-11-9-16(12-21)19(17)20(18)22/h6,9,12,14,17-20,22H,4-5,7-8,10-11H2,1-3H3/t14-,17+,18?,19?,20?/m1/s1. The van der Waals surface area contributed by atoms with Crippen molar-refractivity contribution in [2.24, 2.45) is 23.7 Å². The van der Waals surface area contributed by atoms with E-state index in [2.05, 4.69) is 33.4 Å². The number of rotatable bonds is 5. The normalized spacial score (nSPS) is 32.7. The van der Waals surface area contributed by atoms with Crippen LogP contribution in [0.1, 0.15) is 52.9 Å². The van der Waals surface area contributed by atoms with Crippen molar-refractivity contribution >= 4 is 6.29 Å². The minimum atomic E-state index is -0.434. The molecule has 0 spiro atoms. The summed E-state index contributed by atoms with van der Waals surface area (Å²) in [5.41, 5.74) is 3.34. The molecule has 2 aliphatic carbocycles. The highest BCUT2D eigenvalue weighted by molar-refractivity contribution is 5.74. The van der Waals surface area contributed by atoms with E-state index in [1.54, 1.807) is 0 Å². The predicted molar refractivity (Wildman–Crippen MR) is 91.4 cm³/mol. The molecule has 0 aromatic rings. The highest BCUT2D eigenvalue weighted by Crippen LogP contribution is 2.46. The van der Waals surface area contributed by atoms with E-state index in [4.69, 9.17) is 0 Å². The van der Waals surface area contributed by atoms with Gasteiger partial charge in [-0.3, -0.25) is 4.79 Å². The maximum absolute atomic E-state index is 11.5. The molecule has 0 aromatic carbocycles. The molecule has 2 heteroatoms. The van der Waals surface area contributed by atoms with E-state index in [9.17, 15) is 9.90 Å². The van der Waals surface area contributed by atoms with Gasteiger partial charge in [-0.2, -0.15) is 0 Å². The Labute approximate surface area is 135 Å². The van der Waals surface area contributed by atoms with Gasteiger partial charge in [-0.15, -0.1) is 0 Å². The van der Waals surface area contributed by atoms with Crippen LogP contribution in [-0.4, -0.2) is 17.5 Å². The molecule has 2 bridgehead atoms. The Hall–Kier alpha value is -1.15. The van der Waals surface area contributed by atoms with Gasteiger partial charge in [0.1, 0.15) is 6.29 Å². The summed E-state index contributed by atoms with van der Waals surface area (Å²) in [5.74, 6) is 1.02. The minimum Gasteiger partial charge on any atom is -0.392 e. The lowest BCUT2D eigenvalue weighted by molar-refractivity contribution is -0.106. The van der Waals surface area contributed by atoms with Gasteiger partial charge in [0, 0.05) is 11.8 Å². The van der Waals surface area contributed by atoms with Crippen LogP contribution in [0.3, 0.4) is 0 Å². The molecule has 2 rings (SSSR count). The fourth-order valence-corrected chi connectivity index (χ4v) is 4.23. The van der Waals surface area contributed by atoms with Crippen molar-refractivity contribution in [1.82, 2.24) is 0 Å². The minimum absolute atomic E-state index is 0.00259. The van der Waals surface area contributed by atoms with Gasteiger partial charge < -0.3 is 5.11 Å². The topological polar surface area (TPSA) is 37.3 Å². The van der Waals surface area contributed by atoms with E-state index in [1.807, 2.05) is 6.08 Å². The third kappa shape index (κ3) is 3.60. The summed E-state index contributed by atoms with van der Waals surface area (Å²) in [7, 11) is 0. The maximum atomic E-state index is 11.5. The molecule has 1 saturated carbocycles. The van der Waals surface area contributed by atoms with Crippen molar-refractivity contribution in [3.63, 3.8) is 0 Å².